The lowest BCUT2D eigenvalue weighted by Gasteiger charge is -2.38. The minimum Gasteiger partial charge on any atom is -0.478 e. The van der Waals surface area contributed by atoms with Crippen molar-refractivity contribution in [2.45, 2.75) is 5.54 Å². The van der Waals surface area contributed by atoms with Gasteiger partial charge in [-0.25, -0.2) is 9.18 Å². The highest BCUT2D eigenvalue weighted by atomic mass is 19.1. The van der Waals surface area contributed by atoms with Crippen molar-refractivity contribution in [2.24, 2.45) is 5.73 Å². The van der Waals surface area contributed by atoms with Gasteiger partial charge in [0.25, 0.3) is 0 Å². The first-order valence-corrected chi connectivity index (χ1v) is 4.43. The van der Waals surface area contributed by atoms with E-state index in [0.717, 1.165) is 6.07 Å². The highest BCUT2D eigenvalue weighted by Crippen LogP contribution is 2.29. The predicted molar refractivity (Wildman–Crippen MR) is 50.0 cm³/mol. The van der Waals surface area contributed by atoms with E-state index in [2.05, 4.69) is 0 Å². The average molecular weight is 211 g/mol. The minimum atomic E-state index is -1.16. The van der Waals surface area contributed by atoms with Gasteiger partial charge in [-0.1, -0.05) is 6.07 Å². The number of carboxylic acids is 1. The van der Waals surface area contributed by atoms with Crippen molar-refractivity contribution in [3.8, 4) is 0 Å². The van der Waals surface area contributed by atoms with Crippen molar-refractivity contribution in [3.63, 3.8) is 0 Å². The van der Waals surface area contributed by atoms with Crippen LogP contribution in [-0.4, -0.2) is 24.3 Å². The van der Waals surface area contributed by atoms with Crippen molar-refractivity contribution in [1.29, 1.82) is 0 Å². The van der Waals surface area contributed by atoms with E-state index in [1.165, 1.54) is 12.1 Å². The summed E-state index contributed by atoms with van der Waals surface area (Å²) >= 11 is 0. The number of ether oxygens (including phenoxy) is 1. The van der Waals surface area contributed by atoms with Gasteiger partial charge in [0.15, 0.2) is 0 Å². The lowest BCUT2D eigenvalue weighted by molar-refractivity contribution is -0.0585. The molecule has 80 valence electrons. The zero-order chi connectivity index (χ0) is 11.1. The minimum absolute atomic E-state index is 0.0832. The third-order valence-electron chi connectivity index (χ3n) is 2.47. The maximum Gasteiger partial charge on any atom is 0.335 e. The first-order chi connectivity index (χ1) is 7.03. The second kappa shape index (κ2) is 3.29. The Hall–Kier alpha value is -1.46. The van der Waals surface area contributed by atoms with Crippen molar-refractivity contribution in [1.82, 2.24) is 0 Å². The summed E-state index contributed by atoms with van der Waals surface area (Å²) in [6, 6.07) is 3.72. The van der Waals surface area contributed by atoms with E-state index in [9.17, 15) is 9.18 Å². The van der Waals surface area contributed by atoms with Gasteiger partial charge in [-0.15, -0.1) is 0 Å². The van der Waals surface area contributed by atoms with Gasteiger partial charge in [0.05, 0.1) is 24.3 Å². The summed E-state index contributed by atoms with van der Waals surface area (Å²) in [6.07, 6.45) is 0. The number of halogens is 1. The van der Waals surface area contributed by atoms with E-state index in [1.54, 1.807) is 0 Å². The molecular formula is C10H10FNO3. The number of hydrogen-bond acceptors (Lipinski definition) is 3. The number of carbonyl (C=O) groups is 1. The smallest absolute Gasteiger partial charge is 0.335 e. The maximum atomic E-state index is 13.5. The van der Waals surface area contributed by atoms with E-state index in [0.29, 0.717) is 5.56 Å². The Bertz CT molecular complexity index is 415. The molecule has 0 aromatic heterocycles. The molecule has 0 bridgehead atoms. The molecule has 0 atom stereocenters. The van der Waals surface area contributed by atoms with Gasteiger partial charge < -0.3 is 15.6 Å². The number of benzene rings is 1. The van der Waals surface area contributed by atoms with Gasteiger partial charge in [0.1, 0.15) is 5.82 Å². The molecule has 1 aliphatic heterocycles. The van der Waals surface area contributed by atoms with Gasteiger partial charge in [0.2, 0.25) is 0 Å². The second-order valence-electron chi connectivity index (χ2n) is 3.65. The SMILES string of the molecule is NC1(c2ccc(C(=O)O)cc2F)COC1. The summed E-state index contributed by atoms with van der Waals surface area (Å²) in [5.74, 6) is -1.75. The van der Waals surface area contributed by atoms with Crippen molar-refractivity contribution in [2.75, 3.05) is 13.2 Å². The predicted octanol–water partition coefficient (Wildman–Crippen LogP) is 0.708. The van der Waals surface area contributed by atoms with E-state index in [1.807, 2.05) is 0 Å². The molecule has 1 aromatic carbocycles. The summed E-state index contributed by atoms with van der Waals surface area (Å²) in [7, 11) is 0. The monoisotopic (exact) mass is 211 g/mol. The van der Waals surface area contributed by atoms with Crippen LogP contribution in [0.5, 0.6) is 0 Å². The standard InChI is InChI=1S/C10H10FNO3/c11-8-3-6(9(13)14)1-2-7(8)10(12)4-15-5-10/h1-3H,4-5,12H2,(H,13,14). The molecule has 0 aliphatic carbocycles. The third-order valence-corrected chi connectivity index (χ3v) is 2.47. The lowest BCUT2D eigenvalue weighted by Crippen LogP contribution is -2.54. The molecule has 0 spiro atoms. The normalized spacial score (nSPS) is 18.3. The van der Waals surface area contributed by atoms with E-state index >= 15 is 0 Å². The molecule has 1 aromatic rings. The molecule has 1 saturated heterocycles. The fourth-order valence-corrected chi connectivity index (χ4v) is 1.53. The van der Waals surface area contributed by atoms with Gasteiger partial charge in [0, 0.05) is 5.56 Å². The number of carboxylic acid groups (broad SMARTS) is 1. The Morgan fingerprint density at radius 2 is 2.20 bits per heavy atom. The van der Waals surface area contributed by atoms with Crippen molar-refractivity contribution in [3.05, 3.63) is 35.1 Å². The van der Waals surface area contributed by atoms with Crippen LogP contribution >= 0.6 is 0 Å². The van der Waals surface area contributed by atoms with Crippen molar-refractivity contribution >= 4 is 5.97 Å². The highest BCUT2D eigenvalue weighted by molar-refractivity contribution is 5.87. The molecule has 4 nitrogen and oxygen atoms in total. The van der Waals surface area contributed by atoms with Crippen LogP contribution in [0.1, 0.15) is 15.9 Å². The molecule has 0 radical (unpaired) electrons. The molecule has 2 rings (SSSR count). The molecule has 0 saturated carbocycles. The van der Waals surface area contributed by atoms with Crippen LogP contribution < -0.4 is 5.73 Å². The quantitative estimate of drug-likeness (QED) is 0.755. The largest absolute Gasteiger partial charge is 0.478 e. The highest BCUT2D eigenvalue weighted by Gasteiger charge is 2.38. The number of aromatic carboxylic acids is 1. The van der Waals surface area contributed by atoms with Crippen LogP contribution in [-0.2, 0) is 10.3 Å². The molecule has 1 fully saturated rings. The van der Waals surface area contributed by atoms with Gasteiger partial charge in [-0.2, -0.15) is 0 Å². The van der Waals surface area contributed by atoms with Crippen LogP contribution in [0, 0.1) is 5.82 Å². The molecule has 0 amide bonds. The van der Waals surface area contributed by atoms with Crippen LogP contribution in [0.15, 0.2) is 18.2 Å². The number of nitrogens with two attached hydrogens (primary N) is 1. The molecule has 15 heavy (non-hydrogen) atoms. The van der Waals surface area contributed by atoms with E-state index < -0.39 is 17.3 Å². The topological polar surface area (TPSA) is 72.6 Å². The van der Waals surface area contributed by atoms with Gasteiger partial charge in [-0.05, 0) is 12.1 Å². The molecular weight excluding hydrogens is 201 g/mol. The van der Waals surface area contributed by atoms with E-state index in [4.69, 9.17) is 15.6 Å². The number of hydrogen-bond donors (Lipinski definition) is 2. The summed E-state index contributed by atoms with van der Waals surface area (Å²) < 4.78 is 18.4. The first-order valence-electron chi connectivity index (χ1n) is 4.43. The van der Waals surface area contributed by atoms with Crippen LogP contribution in [0.3, 0.4) is 0 Å². The second-order valence-corrected chi connectivity index (χ2v) is 3.65. The Morgan fingerprint density at radius 3 is 2.60 bits per heavy atom. The van der Waals surface area contributed by atoms with Gasteiger partial charge in [-0.3, -0.25) is 0 Å². The molecule has 3 N–H and O–H groups in total. The summed E-state index contributed by atoms with van der Waals surface area (Å²) in [5, 5.41) is 8.65. The van der Waals surface area contributed by atoms with Gasteiger partial charge >= 0.3 is 5.97 Å². The summed E-state index contributed by atoms with van der Waals surface area (Å²) in [4.78, 5) is 10.6. The van der Waals surface area contributed by atoms with Crippen LogP contribution in [0.25, 0.3) is 0 Å². The Morgan fingerprint density at radius 1 is 1.53 bits per heavy atom. The fourth-order valence-electron chi connectivity index (χ4n) is 1.53. The van der Waals surface area contributed by atoms with E-state index in [-0.39, 0.29) is 18.8 Å². The molecule has 0 unspecified atom stereocenters. The Labute approximate surface area is 85.5 Å². The van der Waals surface area contributed by atoms with Crippen molar-refractivity contribution < 1.29 is 19.0 Å². The zero-order valence-corrected chi connectivity index (χ0v) is 7.87. The first kappa shape index (κ1) is 10.1. The molecule has 1 heterocycles. The summed E-state index contributed by atoms with van der Waals surface area (Å²) in [6.45, 7) is 0.521. The molecule has 5 heteroatoms. The fraction of sp³-hybridized carbons (Fsp3) is 0.300. The zero-order valence-electron chi connectivity index (χ0n) is 7.87. The van der Waals surface area contributed by atoms with Crippen LogP contribution in [0.2, 0.25) is 0 Å². The number of rotatable bonds is 2. The Balaban J connectivity index is 2.38. The molecule has 1 aliphatic rings. The maximum absolute atomic E-state index is 13.5. The Kier molecular flexibility index (Phi) is 2.21. The average Bonchev–Trinajstić information content (AvgIpc) is 2.14. The van der Waals surface area contributed by atoms with Crippen LogP contribution in [0.4, 0.5) is 4.39 Å². The summed E-state index contributed by atoms with van der Waals surface area (Å²) in [5.41, 5.74) is 5.26. The lowest BCUT2D eigenvalue weighted by atomic mass is 9.88. The third kappa shape index (κ3) is 1.60.